The number of nitrogens with one attached hydrogen (secondary N) is 1. The first-order valence-electron chi connectivity index (χ1n) is 6.63. The van der Waals surface area contributed by atoms with Crippen LogP contribution < -0.4 is 5.32 Å². The lowest BCUT2D eigenvalue weighted by Crippen LogP contribution is -2.29. The normalized spacial score (nSPS) is 23.4. The third-order valence-electron chi connectivity index (χ3n) is 3.88. The van der Waals surface area contributed by atoms with Gasteiger partial charge in [-0.2, -0.15) is 0 Å². The molecule has 0 saturated heterocycles. The Bertz CT molecular complexity index is 411. The molecular weight excluding hydrogens is 208 g/mol. The lowest BCUT2D eigenvalue weighted by molar-refractivity contribution is 0.288. The monoisotopic (exact) mass is 228 g/mol. The summed E-state index contributed by atoms with van der Waals surface area (Å²) in [5, 5.41) is 3.51. The maximum absolute atomic E-state index is 3.51. The Hall–Kier alpha value is -1.28. The smallest absolute Gasteiger partial charge is 0.0376 e. The fraction of sp³-hybridized carbons (Fsp3) is 0.467. The van der Waals surface area contributed by atoms with Gasteiger partial charge in [-0.3, -0.25) is 4.90 Å². The molecule has 0 unspecified atom stereocenters. The van der Waals surface area contributed by atoms with Crippen LogP contribution in [0.5, 0.6) is 0 Å². The van der Waals surface area contributed by atoms with E-state index in [0.29, 0.717) is 5.92 Å². The van der Waals surface area contributed by atoms with E-state index < -0.39 is 0 Å². The largest absolute Gasteiger partial charge is 0.384 e. The van der Waals surface area contributed by atoms with Gasteiger partial charge in [0.1, 0.15) is 0 Å². The van der Waals surface area contributed by atoms with Crippen molar-refractivity contribution in [3.05, 3.63) is 42.0 Å². The van der Waals surface area contributed by atoms with Gasteiger partial charge in [0.2, 0.25) is 0 Å². The predicted molar refractivity (Wildman–Crippen MR) is 72.5 cm³/mol. The van der Waals surface area contributed by atoms with E-state index >= 15 is 0 Å². The number of rotatable bonds is 3. The van der Waals surface area contributed by atoms with Crippen molar-refractivity contribution in [2.24, 2.45) is 0 Å². The molecule has 0 radical (unpaired) electrons. The summed E-state index contributed by atoms with van der Waals surface area (Å²) in [7, 11) is 0. The number of fused-ring (bicyclic) bond motifs is 1. The van der Waals surface area contributed by atoms with Gasteiger partial charge in [0.05, 0.1) is 0 Å². The molecule has 90 valence electrons. The molecule has 2 aliphatic rings. The fourth-order valence-corrected chi connectivity index (χ4v) is 2.85. The SMILES string of the molecule is C1=CCN(CC[C@@H]2CNc3ccccc32)CC1. The summed E-state index contributed by atoms with van der Waals surface area (Å²) >= 11 is 0. The zero-order valence-electron chi connectivity index (χ0n) is 10.2. The maximum Gasteiger partial charge on any atom is 0.0376 e. The van der Waals surface area contributed by atoms with E-state index in [1.165, 1.54) is 37.2 Å². The van der Waals surface area contributed by atoms with E-state index in [1.807, 2.05) is 0 Å². The van der Waals surface area contributed by atoms with Crippen LogP contribution in [0, 0.1) is 0 Å². The molecular formula is C15H20N2. The topological polar surface area (TPSA) is 15.3 Å². The van der Waals surface area contributed by atoms with Crippen molar-refractivity contribution in [1.29, 1.82) is 0 Å². The van der Waals surface area contributed by atoms with Gasteiger partial charge < -0.3 is 5.32 Å². The van der Waals surface area contributed by atoms with Crippen LogP contribution in [0.2, 0.25) is 0 Å². The molecule has 1 aromatic rings. The number of para-hydroxylation sites is 1. The summed E-state index contributed by atoms with van der Waals surface area (Å²) in [6.45, 7) is 4.72. The second-order valence-corrected chi connectivity index (χ2v) is 5.01. The lowest BCUT2D eigenvalue weighted by Gasteiger charge is -2.24. The molecule has 0 bridgehead atoms. The minimum absolute atomic E-state index is 0.706. The molecule has 0 aromatic heterocycles. The molecule has 1 atom stereocenters. The average Bonchev–Trinajstić information content (AvgIpc) is 2.81. The second kappa shape index (κ2) is 4.92. The van der Waals surface area contributed by atoms with Gasteiger partial charge in [0, 0.05) is 31.2 Å². The molecule has 2 heteroatoms. The van der Waals surface area contributed by atoms with Crippen LogP contribution in [0.1, 0.15) is 24.3 Å². The number of nitrogens with zero attached hydrogens (tertiary/aromatic N) is 1. The summed E-state index contributed by atoms with van der Waals surface area (Å²) < 4.78 is 0. The third-order valence-corrected chi connectivity index (χ3v) is 3.88. The van der Waals surface area contributed by atoms with Gasteiger partial charge in [-0.25, -0.2) is 0 Å². The molecule has 0 saturated carbocycles. The van der Waals surface area contributed by atoms with Crippen molar-refractivity contribution in [2.75, 3.05) is 31.5 Å². The molecule has 2 nitrogen and oxygen atoms in total. The molecule has 0 fully saturated rings. The van der Waals surface area contributed by atoms with Crippen LogP contribution in [0.25, 0.3) is 0 Å². The van der Waals surface area contributed by atoms with Crippen LogP contribution >= 0.6 is 0 Å². The van der Waals surface area contributed by atoms with E-state index in [9.17, 15) is 0 Å². The van der Waals surface area contributed by atoms with Gasteiger partial charge in [0.25, 0.3) is 0 Å². The number of benzene rings is 1. The van der Waals surface area contributed by atoms with E-state index in [0.717, 1.165) is 13.1 Å². The molecule has 1 aromatic carbocycles. The molecule has 0 aliphatic carbocycles. The summed E-state index contributed by atoms with van der Waals surface area (Å²) in [5.74, 6) is 0.706. The molecule has 17 heavy (non-hydrogen) atoms. The van der Waals surface area contributed by atoms with Crippen LogP contribution in [0.4, 0.5) is 5.69 Å². The van der Waals surface area contributed by atoms with Crippen molar-refractivity contribution in [2.45, 2.75) is 18.8 Å². The second-order valence-electron chi connectivity index (χ2n) is 5.01. The first-order valence-corrected chi connectivity index (χ1v) is 6.63. The summed E-state index contributed by atoms with van der Waals surface area (Å²) in [6, 6.07) is 8.74. The number of hydrogen-bond donors (Lipinski definition) is 1. The molecule has 2 heterocycles. The van der Waals surface area contributed by atoms with Crippen LogP contribution in [-0.4, -0.2) is 31.1 Å². The van der Waals surface area contributed by atoms with Crippen molar-refractivity contribution >= 4 is 5.69 Å². The first-order chi connectivity index (χ1) is 8.43. The van der Waals surface area contributed by atoms with Gasteiger partial charge in [-0.05, 0) is 31.0 Å². The number of hydrogen-bond acceptors (Lipinski definition) is 2. The number of anilines is 1. The summed E-state index contributed by atoms with van der Waals surface area (Å²) in [4.78, 5) is 2.56. The van der Waals surface area contributed by atoms with Gasteiger partial charge in [0.15, 0.2) is 0 Å². The highest BCUT2D eigenvalue weighted by Gasteiger charge is 2.21. The Morgan fingerprint density at radius 2 is 2.18 bits per heavy atom. The van der Waals surface area contributed by atoms with Crippen molar-refractivity contribution in [1.82, 2.24) is 4.90 Å². The van der Waals surface area contributed by atoms with Crippen molar-refractivity contribution in [3.63, 3.8) is 0 Å². The minimum atomic E-state index is 0.706. The highest BCUT2D eigenvalue weighted by Crippen LogP contribution is 2.33. The molecule has 2 aliphatic heterocycles. The lowest BCUT2D eigenvalue weighted by atomic mass is 9.97. The zero-order chi connectivity index (χ0) is 11.5. The van der Waals surface area contributed by atoms with E-state index in [4.69, 9.17) is 0 Å². The zero-order valence-corrected chi connectivity index (χ0v) is 10.2. The fourth-order valence-electron chi connectivity index (χ4n) is 2.85. The minimum Gasteiger partial charge on any atom is -0.384 e. The van der Waals surface area contributed by atoms with Crippen LogP contribution in [0.15, 0.2) is 36.4 Å². The van der Waals surface area contributed by atoms with Crippen LogP contribution in [0.3, 0.4) is 0 Å². The van der Waals surface area contributed by atoms with E-state index in [-0.39, 0.29) is 0 Å². The Labute approximate surface area is 103 Å². The average molecular weight is 228 g/mol. The van der Waals surface area contributed by atoms with Crippen molar-refractivity contribution < 1.29 is 0 Å². The predicted octanol–water partition coefficient (Wildman–Crippen LogP) is 2.85. The Morgan fingerprint density at radius 1 is 1.24 bits per heavy atom. The Kier molecular flexibility index (Phi) is 3.14. The third kappa shape index (κ3) is 2.37. The van der Waals surface area contributed by atoms with E-state index in [1.54, 1.807) is 0 Å². The standard InChI is InChI=1S/C15H20N2/c1-4-9-17(10-5-1)11-8-13-12-16-15-7-3-2-6-14(13)15/h1-4,6-7,13,16H,5,8-12H2/t13-/m1/s1. The van der Waals surface area contributed by atoms with E-state index in [2.05, 4.69) is 46.6 Å². The quantitative estimate of drug-likeness (QED) is 0.800. The van der Waals surface area contributed by atoms with Gasteiger partial charge in [-0.1, -0.05) is 30.4 Å². The highest BCUT2D eigenvalue weighted by molar-refractivity contribution is 5.57. The summed E-state index contributed by atoms with van der Waals surface area (Å²) in [6.07, 6.45) is 7.09. The molecule has 3 rings (SSSR count). The Morgan fingerprint density at radius 3 is 3.06 bits per heavy atom. The first kappa shape index (κ1) is 10.8. The molecule has 0 amide bonds. The maximum atomic E-state index is 3.51. The summed E-state index contributed by atoms with van der Waals surface area (Å²) in [5.41, 5.74) is 2.86. The van der Waals surface area contributed by atoms with Gasteiger partial charge >= 0.3 is 0 Å². The molecule has 1 N–H and O–H groups in total. The van der Waals surface area contributed by atoms with Crippen LogP contribution in [-0.2, 0) is 0 Å². The molecule has 0 spiro atoms. The highest BCUT2D eigenvalue weighted by atomic mass is 15.1. The van der Waals surface area contributed by atoms with Crippen molar-refractivity contribution in [3.8, 4) is 0 Å². The van der Waals surface area contributed by atoms with Gasteiger partial charge in [-0.15, -0.1) is 0 Å². The Balaban J connectivity index is 1.58.